The number of nitrogens with one attached hydrogen (secondary N) is 9. The van der Waals surface area contributed by atoms with Crippen molar-refractivity contribution in [3.05, 3.63) is 132 Å². The van der Waals surface area contributed by atoms with Crippen molar-refractivity contribution in [3.8, 4) is 0 Å². The molecular weight excluding hydrogens is 1330 g/mol. The first-order chi connectivity index (χ1) is 45.7. The van der Waals surface area contributed by atoms with E-state index in [0.717, 1.165) is 18.7 Å². The zero-order valence-corrected chi connectivity index (χ0v) is 59.0. The summed E-state index contributed by atoms with van der Waals surface area (Å²) in [5.41, 5.74) is 4.03. The number of halogens is 1. The fourth-order valence-corrected chi connectivity index (χ4v) is 10.6. The Morgan fingerprint density at radius 1 is 0.449 bits per heavy atom. The van der Waals surface area contributed by atoms with E-state index in [1.807, 2.05) is 7.05 Å². The Kier molecular flexibility index (Phi) is 28.6. The average molecular weight is 1410 g/mol. The van der Waals surface area contributed by atoms with E-state index < -0.39 is 55.5 Å². The predicted molar refractivity (Wildman–Crippen MR) is 382 cm³/mol. The van der Waals surface area contributed by atoms with Gasteiger partial charge >= 0.3 is 20.1 Å². The van der Waals surface area contributed by atoms with Crippen molar-refractivity contribution in [2.45, 2.75) is 40.3 Å². The molecule has 12 N–H and O–H groups in total. The van der Waals surface area contributed by atoms with Crippen LogP contribution in [-0.4, -0.2) is 177 Å². The van der Waals surface area contributed by atoms with E-state index in [-0.39, 0.29) is 68.9 Å². The van der Waals surface area contributed by atoms with Crippen molar-refractivity contribution < 1.29 is 63.1 Å². The molecule has 0 aliphatic carbocycles. The first kappa shape index (κ1) is 78.5. The van der Waals surface area contributed by atoms with Crippen molar-refractivity contribution in [2.24, 2.45) is 56.4 Å². The maximum absolute atomic E-state index is 13.2. The summed E-state index contributed by atoms with van der Waals surface area (Å²) in [5, 5.41) is 53.3. The molecule has 8 aromatic rings. The van der Waals surface area contributed by atoms with Crippen LogP contribution in [0.2, 0.25) is 13.6 Å². The Bertz CT molecular complexity index is 4210. The molecule has 0 unspecified atom stereocenters. The third-order valence-corrected chi connectivity index (χ3v) is 15.8. The van der Waals surface area contributed by atoms with Gasteiger partial charge in [-0.25, -0.2) is 14.8 Å². The molecule has 8 heterocycles. The van der Waals surface area contributed by atoms with E-state index in [9.17, 15) is 63.1 Å². The van der Waals surface area contributed by atoms with Crippen molar-refractivity contribution in [1.29, 1.82) is 0 Å². The Morgan fingerprint density at radius 3 is 1.10 bits per heavy atom. The Labute approximate surface area is 579 Å². The minimum atomic E-state index is -1.12. The Hall–Kier alpha value is -10.2. The number of thioether (sulfide) groups is 2. The molecule has 524 valence electrons. The van der Waals surface area contributed by atoms with E-state index in [4.69, 9.17) is 0 Å². The number of hydrogen-bond acceptors (Lipinski definition) is 19. The van der Waals surface area contributed by atoms with E-state index in [2.05, 4.69) is 57.6 Å². The third-order valence-electron chi connectivity index (χ3n) is 14.0. The van der Waals surface area contributed by atoms with Gasteiger partial charge in [0.2, 0.25) is 11.6 Å². The van der Waals surface area contributed by atoms with Crippen LogP contribution in [0.25, 0.3) is 0 Å². The molecule has 0 saturated heterocycles. The molecule has 0 aliphatic heterocycles. The smallest absolute Gasteiger partial charge is 0.406 e. The molecule has 0 radical (unpaired) electrons. The quantitative estimate of drug-likeness (QED) is 0.0246. The Morgan fingerprint density at radius 2 is 0.755 bits per heavy atom. The second kappa shape index (κ2) is 35.7. The van der Waals surface area contributed by atoms with Gasteiger partial charge in [0.25, 0.3) is 41.4 Å². The zero-order valence-electron chi connectivity index (χ0n) is 56.5. The maximum Gasteiger partial charge on any atom is 0.406 e. The molecule has 8 aromatic heterocycles. The standard InChI is InChI=1S/C30H39BN10O6S.C24H28BN9O6.C6H13NOS.ClH/c1-18(42)48-10-8-9-37(3)30(46)24-12-20(15-40(24)6)32-27(43)22-11-19(14-38(22)4)33-29(45)26-34-25(17-41(26)7)35-28(44)23-13-21(16-39(23)5)36-31(2)47;1-25(40)30-15-8-17(32(3)11-15)22(36)29-19-12-34(5)20(28-19)23(37)27-13-6-16(31(2)9-13)21(35)26-14-7-18(24(38)39)33(4)10-14;1-6(8)9-5-3-4-7-2;/h11-17,36,47H,8-10H2,1-7H3,(H,32,43)(H,33,45)(H,35,44);6-12,30,40H,1-5H3,(H,26,35)(H,27,37)(H,29,36)(H,38,39);7H,3-5H2,1-2H3;1H. The SMILES string of the molecule is CB(O)Nc1cc(C(=O)Nc2cn(C)c(C(=O)Nc3cc(C(=O)Nc4cc(C(=O)N(C)CCCSC(C)=O)n(C)c4)n(C)c3)n2)n(C)c1.CB(O)Nc1cc(C(=O)Nc2cn(C)c(C(=O)Nc3cc(C(=O)Nc4cc(C(=O)O)n(C)c4)n(C)c3)n2)n(C)c1.CNCCCSC(C)=O.Cl. The van der Waals surface area contributed by atoms with Crippen LogP contribution in [0.5, 0.6) is 0 Å². The van der Waals surface area contributed by atoms with Gasteiger partial charge in [0.1, 0.15) is 34.2 Å². The third kappa shape index (κ3) is 22.2. The molecule has 0 aliphatic rings. The van der Waals surface area contributed by atoms with Crippen LogP contribution in [0.1, 0.15) is 111 Å². The van der Waals surface area contributed by atoms with Crippen LogP contribution in [0.4, 0.5) is 45.8 Å². The molecule has 0 spiro atoms. The molecule has 38 heteroatoms. The first-order valence-electron chi connectivity index (χ1n) is 29.9. The highest BCUT2D eigenvalue weighted by atomic mass is 35.5. The van der Waals surface area contributed by atoms with Crippen molar-refractivity contribution in [1.82, 2.24) is 56.7 Å². The normalized spacial score (nSPS) is 10.6. The van der Waals surface area contributed by atoms with Crippen LogP contribution >= 0.6 is 35.9 Å². The number of aryl methyl sites for hydroxylation is 8. The largest absolute Gasteiger partial charge is 0.477 e. The average Bonchev–Trinajstić information content (AvgIpc) is 1.68. The van der Waals surface area contributed by atoms with Gasteiger partial charge in [-0.15, -0.1) is 12.4 Å². The lowest BCUT2D eigenvalue weighted by atomic mass is 9.89. The zero-order chi connectivity index (χ0) is 71.7. The fraction of sp³-hybridized carbons (Fsp3) is 0.333. The molecule has 0 saturated carbocycles. The summed E-state index contributed by atoms with van der Waals surface area (Å²) in [7, 11) is 15.1. The number of rotatable bonds is 26. The van der Waals surface area contributed by atoms with Crippen LogP contribution in [0, 0.1) is 0 Å². The number of aromatic nitrogens is 10. The number of carbonyl (C=O) groups is 10. The summed E-state index contributed by atoms with van der Waals surface area (Å²) < 4.78 is 12.2. The number of hydrogen-bond donors (Lipinski definition) is 12. The molecule has 98 heavy (non-hydrogen) atoms. The summed E-state index contributed by atoms with van der Waals surface area (Å²) in [6.45, 7) is 7.71. The topological polar surface area (TPSA) is 408 Å². The molecule has 0 bridgehead atoms. The molecular formula is C60H81B2ClN20O13S2. The summed E-state index contributed by atoms with van der Waals surface area (Å²) in [6, 6.07) is 9.06. The summed E-state index contributed by atoms with van der Waals surface area (Å²) in [5.74, 6) is -2.43. The second-order valence-corrected chi connectivity index (χ2v) is 24.9. The van der Waals surface area contributed by atoms with Gasteiger partial charge in [-0.2, -0.15) is 0 Å². The van der Waals surface area contributed by atoms with Crippen molar-refractivity contribution in [3.63, 3.8) is 0 Å². The van der Waals surface area contributed by atoms with E-state index >= 15 is 0 Å². The van der Waals surface area contributed by atoms with Crippen molar-refractivity contribution >= 4 is 153 Å². The number of imidazole rings is 2. The highest BCUT2D eigenvalue weighted by Gasteiger charge is 2.25. The summed E-state index contributed by atoms with van der Waals surface area (Å²) in [6.07, 6.45) is 14.3. The molecule has 8 rings (SSSR count). The highest BCUT2D eigenvalue weighted by Crippen LogP contribution is 2.23. The number of aromatic carboxylic acids is 1. The van der Waals surface area contributed by atoms with Gasteiger partial charge < -0.3 is 104 Å². The molecule has 0 fully saturated rings. The van der Waals surface area contributed by atoms with Gasteiger partial charge in [-0.05, 0) is 76.5 Å². The number of carbonyl (C=O) groups excluding carboxylic acids is 9. The first-order valence-corrected chi connectivity index (χ1v) is 31.9. The monoisotopic (exact) mass is 1410 g/mol. The molecule has 33 nitrogen and oxygen atoms in total. The second-order valence-electron chi connectivity index (χ2n) is 22.4. The van der Waals surface area contributed by atoms with Crippen LogP contribution in [0.3, 0.4) is 0 Å². The lowest BCUT2D eigenvalue weighted by Crippen LogP contribution is -2.29. The Balaban J connectivity index is 0.000000315. The lowest BCUT2D eigenvalue weighted by molar-refractivity contribution is -0.109. The number of amides is 7. The number of anilines is 8. The van der Waals surface area contributed by atoms with E-state index in [1.165, 1.54) is 85.5 Å². The van der Waals surface area contributed by atoms with Gasteiger partial charge in [0.05, 0.1) is 22.7 Å². The molecule has 0 aromatic carbocycles. The van der Waals surface area contributed by atoms with Gasteiger partial charge in [0.15, 0.2) is 21.9 Å². The lowest BCUT2D eigenvalue weighted by Gasteiger charge is -2.17. The minimum absolute atomic E-state index is 0. The number of nitrogens with zero attached hydrogens (tertiary/aromatic N) is 11. The van der Waals surface area contributed by atoms with Gasteiger partial charge in [-0.3, -0.25) is 43.2 Å². The van der Waals surface area contributed by atoms with Gasteiger partial charge in [0, 0.05) is 156 Å². The minimum Gasteiger partial charge on any atom is -0.477 e. The number of carboxylic acids is 1. The van der Waals surface area contributed by atoms with Gasteiger partial charge in [-0.1, -0.05) is 23.5 Å². The molecule has 7 amide bonds. The van der Waals surface area contributed by atoms with E-state index in [0.29, 0.717) is 69.9 Å². The molecule has 0 atom stereocenters. The highest BCUT2D eigenvalue weighted by molar-refractivity contribution is 8.13. The summed E-state index contributed by atoms with van der Waals surface area (Å²) in [4.78, 5) is 133. The number of carboxylic acid groups (broad SMARTS) is 1. The maximum atomic E-state index is 13.2. The summed E-state index contributed by atoms with van der Waals surface area (Å²) >= 11 is 2.61. The predicted octanol–water partition coefficient (Wildman–Crippen LogP) is 5.17. The van der Waals surface area contributed by atoms with Crippen LogP contribution < -0.4 is 47.7 Å². The van der Waals surface area contributed by atoms with Crippen LogP contribution in [-0.2, 0) is 66.0 Å². The van der Waals surface area contributed by atoms with Crippen LogP contribution in [0.15, 0.2) is 86.0 Å². The van der Waals surface area contributed by atoms with E-state index in [1.54, 1.807) is 156 Å². The van der Waals surface area contributed by atoms with Crippen molar-refractivity contribution in [2.75, 3.05) is 81.0 Å². The fourth-order valence-electron chi connectivity index (χ4n) is 9.51.